The van der Waals surface area contributed by atoms with Gasteiger partial charge < -0.3 is 4.90 Å². The molecule has 0 N–H and O–H groups in total. The monoisotopic (exact) mass is 326 g/mol. The Hall–Kier alpha value is -2.28. The molecular weight excluding hydrogens is 304 g/mol. The smallest absolute Gasteiger partial charge is 0.253 e. The fraction of sp³-hybridized carbons (Fsp3) is 0.529. The first kappa shape index (κ1) is 15.3. The molecule has 0 bridgehead atoms. The number of rotatable bonds is 3. The number of tetrazole rings is 1. The molecule has 1 aromatic heterocycles. The van der Waals surface area contributed by atoms with E-state index in [0.29, 0.717) is 6.04 Å². The lowest BCUT2D eigenvalue weighted by atomic mass is 10.0. The van der Waals surface area contributed by atoms with Gasteiger partial charge in [0.05, 0.1) is 5.69 Å². The molecule has 2 fully saturated rings. The van der Waals surface area contributed by atoms with E-state index in [1.54, 1.807) is 11.0 Å². The van der Waals surface area contributed by atoms with E-state index in [9.17, 15) is 4.79 Å². The number of benzene rings is 1. The summed E-state index contributed by atoms with van der Waals surface area (Å²) in [5.74, 6) is 0.127. The van der Waals surface area contributed by atoms with Gasteiger partial charge in [-0.2, -0.15) is 0 Å². The lowest BCUT2D eigenvalue weighted by molar-refractivity contribution is 0.0608. The molecule has 7 heteroatoms. The maximum absolute atomic E-state index is 12.8. The Labute approximate surface area is 141 Å². The standard InChI is InChI=1S/C17H22N6O/c24-17(14-5-7-15(8-6-14)23-13-18-19-20-23)22-11-3-4-16(12-22)21-9-1-2-10-21/h5-8,13,16H,1-4,9-12H2. The van der Waals surface area contributed by atoms with Crippen LogP contribution in [0.2, 0.25) is 0 Å². The molecule has 2 aliphatic rings. The second-order valence-corrected chi connectivity index (χ2v) is 6.59. The van der Waals surface area contributed by atoms with Crippen molar-refractivity contribution in [2.75, 3.05) is 26.2 Å². The van der Waals surface area contributed by atoms with Crippen molar-refractivity contribution in [2.45, 2.75) is 31.7 Å². The van der Waals surface area contributed by atoms with Crippen LogP contribution in [0, 0.1) is 0 Å². The minimum atomic E-state index is 0.127. The van der Waals surface area contributed by atoms with Crippen LogP contribution in [0.4, 0.5) is 0 Å². The maximum atomic E-state index is 12.8. The predicted molar refractivity (Wildman–Crippen MR) is 88.9 cm³/mol. The van der Waals surface area contributed by atoms with Gasteiger partial charge in [0.25, 0.3) is 5.91 Å². The summed E-state index contributed by atoms with van der Waals surface area (Å²) in [4.78, 5) is 17.4. The van der Waals surface area contributed by atoms with Gasteiger partial charge in [0, 0.05) is 24.7 Å². The Kier molecular flexibility index (Phi) is 4.25. The molecule has 0 spiro atoms. The largest absolute Gasteiger partial charge is 0.337 e. The van der Waals surface area contributed by atoms with Crippen molar-refractivity contribution >= 4 is 5.91 Å². The molecule has 1 amide bonds. The van der Waals surface area contributed by atoms with Crippen LogP contribution in [0.5, 0.6) is 0 Å². The van der Waals surface area contributed by atoms with Gasteiger partial charge in [0.2, 0.25) is 0 Å². The molecule has 4 rings (SSSR count). The van der Waals surface area contributed by atoms with Crippen LogP contribution in [-0.2, 0) is 0 Å². The van der Waals surface area contributed by atoms with E-state index in [1.165, 1.54) is 32.4 Å². The van der Waals surface area contributed by atoms with Crippen molar-refractivity contribution in [3.8, 4) is 5.69 Å². The van der Waals surface area contributed by atoms with Gasteiger partial charge in [-0.3, -0.25) is 9.69 Å². The van der Waals surface area contributed by atoms with Crippen molar-refractivity contribution in [1.29, 1.82) is 0 Å². The average Bonchev–Trinajstić information content (AvgIpc) is 3.35. The van der Waals surface area contributed by atoms with Gasteiger partial charge in [-0.05, 0) is 73.5 Å². The highest BCUT2D eigenvalue weighted by atomic mass is 16.2. The molecule has 1 aromatic carbocycles. The second kappa shape index (κ2) is 6.68. The van der Waals surface area contributed by atoms with Gasteiger partial charge in [0.15, 0.2) is 0 Å². The summed E-state index contributed by atoms with van der Waals surface area (Å²) in [5, 5.41) is 11.1. The highest BCUT2D eigenvalue weighted by molar-refractivity contribution is 5.94. The highest BCUT2D eigenvalue weighted by Gasteiger charge is 2.29. The van der Waals surface area contributed by atoms with E-state index < -0.39 is 0 Å². The number of amides is 1. The minimum absolute atomic E-state index is 0.127. The fourth-order valence-corrected chi connectivity index (χ4v) is 3.76. The SMILES string of the molecule is O=C(c1ccc(-n2cnnn2)cc1)N1CCCC(N2CCCC2)C1. The molecule has 2 saturated heterocycles. The molecule has 2 aliphatic heterocycles. The van der Waals surface area contributed by atoms with Crippen LogP contribution < -0.4 is 0 Å². The highest BCUT2D eigenvalue weighted by Crippen LogP contribution is 2.22. The second-order valence-electron chi connectivity index (χ2n) is 6.59. The number of carbonyl (C=O) groups is 1. The molecule has 2 aromatic rings. The van der Waals surface area contributed by atoms with E-state index in [4.69, 9.17) is 0 Å². The van der Waals surface area contributed by atoms with Crippen LogP contribution in [-0.4, -0.2) is 68.1 Å². The normalized spacial score (nSPS) is 22.0. The van der Waals surface area contributed by atoms with Crippen molar-refractivity contribution in [2.24, 2.45) is 0 Å². The van der Waals surface area contributed by atoms with E-state index >= 15 is 0 Å². The maximum Gasteiger partial charge on any atom is 0.253 e. The Morgan fingerprint density at radius 1 is 1.04 bits per heavy atom. The van der Waals surface area contributed by atoms with Gasteiger partial charge in [-0.25, -0.2) is 4.68 Å². The van der Waals surface area contributed by atoms with E-state index in [1.807, 2.05) is 29.2 Å². The summed E-state index contributed by atoms with van der Waals surface area (Å²) in [6.45, 7) is 4.09. The molecule has 0 radical (unpaired) electrons. The molecule has 1 atom stereocenters. The Morgan fingerprint density at radius 3 is 2.54 bits per heavy atom. The first-order chi connectivity index (χ1) is 11.8. The number of carbonyl (C=O) groups excluding carboxylic acids is 1. The molecule has 0 aliphatic carbocycles. The fourth-order valence-electron chi connectivity index (χ4n) is 3.76. The zero-order chi connectivity index (χ0) is 16.4. The summed E-state index contributed by atoms with van der Waals surface area (Å²) in [5.41, 5.74) is 1.58. The summed E-state index contributed by atoms with van der Waals surface area (Å²) in [6.07, 6.45) is 6.44. The number of nitrogens with zero attached hydrogens (tertiary/aromatic N) is 6. The van der Waals surface area contributed by atoms with Crippen LogP contribution in [0.3, 0.4) is 0 Å². The zero-order valence-electron chi connectivity index (χ0n) is 13.7. The summed E-state index contributed by atoms with van der Waals surface area (Å²) < 4.78 is 1.58. The van der Waals surface area contributed by atoms with Crippen LogP contribution >= 0.6 is 0 Å². The van der Waals surface area contributed by atoms with Gasteiger partial charge in [-0.15, -0.1) is 5.10 Å². The molecule has 126 valence electrons. The molecular formula is C17H22N6O. The van der Waals surface area contributed by atoms with Gasteiger partial charge in [-0.1, -0.05) is 0 Å². The summed E-state index contributed by atoms with van der Waals surface area (Å²) in [7, 11) is 0. The quantitative estimate of drug-likeness (QED) is 0.852. The molecule has 1 unspecified atom stereocenters. The third-order valence-corrected chi connectivity index (χ3v) is 5.07. The number of hydrogen-bond acceptors (Lipinski definition) is 5. The van der Waals surface area contributed by atoms with Gasteiger partial charge >= 0.3 is 0 Å². The number of piperidine rings is 1. The molecule has 7 nitrogen and oxygen atoms in total. The van der Waals surface area contributed by atoms with Crippen molar-refractivity contribution in [3.05, 3.63) is 36.2 Å². The van der Waals surface area contributed by atoms with Crippen LogP contribution in [0.1, 0.15) is 36.0 Å². The average molecular weight is 326 g/mol. The first-order valence-corrected chi connectivity index (χ1v) is 8.68. The van der Waals surface area contributed by atoms with Gasteiger partial charge in [0.1, 0.15) is 6.33 Å². The zero-order valence-corrected chi connectivity index (χ0v) is 13.7. The Balaban J connectivity index is 1.44. The Bertz CT molecular complexity index is 678. The van der Waals surface area contributed by atoms with E-state index in [0.717, 1.165) is 30.8 Å². The van der Waals surface area contributed by atoms with E-state index in [-0.39, 0.29) is 5.91 Å². The topological polar surface area (TPSA) is 67.2 Å². The summed E-state index contributed by atoms with van der Waals surface area (Å²) >= 11 is 0. The van der Waals surface area contributed by atoms with Crippen molar-refractivity contribution < 1.29 is 4.79 Å². The third-order valence-electron chi connectivity index (χ3n) is 5.07. The van der Waals surface area contributed by atoms with Crippen LogP contribution in [0.25, 0.3) is 5.69 Å². The van der Waals surface area contributed by atoms with Crippen LogP contribution in [0.15, 0.2) is 30.6 Å². The van der Waals surface area contributed by atoms with Crippen molar-refractivity contribution in [1.82, 2.24) is 30.0 Å². The third kappa shape index (κ3) is 3.03. The predicted octanol–water partition coefficient (Wildman–Crippen LogP) is 1.36. The molecule has 3 heterocycles. The van der Waals surface area contributed by atoms with Crippen molar-refractivity contribution in [3.63, 3.8) is 0 Å². The molecule has 0 saturated carbocycles. The Morgan fingerprint density at radius 2 is 1.83 bits per heavy atom. The van der Waals surface area contributed by atoms with E-state index in [2.05, 4.69) is 20.4 Å². The lowest BCUT2D eigenvalue weighted by Gasteiger charge is -2.37. The summed E-state index contributed by atoms with van der Waals surface area (Å²) in [6, 6.07) is 8.01. The number of hydrogen-bond donors (Lipinski definition) is 0. The molecule has 24 heavy (non-hydrogen) atoms. The lowest BCUT2D eigenvalue weighted by Crippen LogP contribution is -2.48. The number of aromatic nitrogens is 4. The number of likely N-dealkylation sites (tertiary alicyclic amines) is 2. The first-order valence-electron chi connectivity index (χ1n) is 8.68. The minimum Gasteiger partial charge on any atom is -0.337 e.